The fourth-order valence-corrected chi connectivity index (χ4v) is 2.61. The molecule has 1 fully saturated rings. The Labute approximate surface area is 93.8 Å². The van der Waals surface area contributed by atoms with Gasteiger partial charge in [-0.25, -0.2) is 0 Å². The summed E-state index contributed by atoms with van der Waals surface area (Å²) in [6.45, 7) is 3.87. The van der Waals surface area contributed by atoms with Crippen molar-refractivity contribution in [3.05, 3.63) is 0 Å². The molecule has 0 saturated heterocycles. The van der Waals surface area contributed by atoms with Crippen LogP contribution < -0.4 is 11.1 Å². The van der Waals surface area contributed by atoms with Gasteiger partial charge in [-0.2, -0.15) is 0 Å². The molecule has 3 nitrogen and oxygen atoms in total. The highest BCUT2D eigenvalue weighted by molar-refractivity contribution is 4.86. The number of nitrogens with one attached hydrogen (secondary N) is 1. The van der Waals surface area contributed by atoms with Crippen LogP contribution >= 0.6 is 0 Å². The predicted octanol–water partition coefficient (Wildman–Crippen LogP) is 1.52. The SMILES string of the molecule is CCCC(COC)NC1CCCC1CN. The molecule has 0 heterocycles. The Morgan fingerprint density at radius 3 is 2.87 bits per heavy atom. The van der Waals surface area contributed by atoms with Gasteiger partial charge in [0, 0.05) is 19.2 Å². The molecule has 15 heavy (non-hydrogen) atoms. The van der Waals surface area contributed by atoms with E-state index in [0.717, 1.165) is 13.2 Å². The largest absolute Gasteiger partial charge is 0.383 e. The van der Waals surface area contributed by atoms with Gasteiger partial charge < -0.3 is 15.8 Å². The predicted molar refractivity (Wildman–Crippen MR) is 63.9 cm³/mol. The van der Waals surface area contributed by atoms with E-state index in [4.69, 9.17) is 10.5 Å². The van der Waals surface area contributed by atoms with Gasteiger partial charge in [0.15, 0.2) is 0 Å². The van der Waals surface area contributed by atoms with Gasteiger partial charge in [0.05, 0.1) is 6.61 Å². The minimum absolute atomic E-state index is 0.511. The van der Waals surface area contributed by atoms with Crippen molar-refractivity contribution in [1.29, 1.82) is 0 Å². The van der Waals surface area contributed by atoms with Crippen molar-refractivity contribution in [2.75, 3.05) is 20.3 Å². The first kappa shape index (κ1) is 12.9. The lowest BCUT2D eigenvalue weighted by molar-refractivity contribution is 0.152. The molecule has 0 aliphatic heterocycles. The Kier molecular flexibility index (Phi) is 6.22. The first-order chi connectivity index (χ1) is 7.31. The zero-order valence-electron chi connectivity index (χ0n) is 10.2. The van der Waals surface area contributed by atoms with Gasteiger partial charge in [-0.05, 0) is 31.7 Å². The van der Waals surface area contributed by atoms with Gasteiger partial charge in [-0.3, -0.25) is 0 Å². The summed E-state index contributed by atoms with van der Waals surface area (Å²) >= 11 is 0. The lowest BCUT2D eigenvalue weighted by Gasteiger charge is -2.26. The van der Waals surface area contributed by atoms with Crippen LogP contribution in [0.1, 0.15) is 39.0 Å². The standard InChI is InChI=1S/C12H26N2O/c1-3-5-11(9-15-2)14-12-7-4-6-10(12)8-13/h10-12,14H,3-9,13H2,1-2H3. The van der Waals surface area contributed by atoms with Crippen molar-refractivity contribution in [2.24, 2.45) is 11.7 Å². The molecular formula is C12H26N2O. The molecule has 0 aromatic rings. The maximum atomic E-state index is 5.78. The van der Waals surface area contributed by atoms with E-state index in [0.29, 0.717) is 18.0 Å². The molecule has 0 spiro atoms. The Morgan fingerprint density at radius 2 is 2.27 bits per heavy atom. The molecule has 3 N–H and O–H groups in total. The van der Waals surface area contributed by atoms with Gasteiger partial charge in [-0.15, -0.1) is 0 Å². The van der Waals surface area contributed by atoms with Crippen LogP contribution in [0.3, 0.4) is 0 Å². The fourth-order valence-electron chi connectivity index (χ4n) is 2.61. The Hall–Kier alpha value is -0.120. The van der Waals surface area contributed by atoms with Crippen LogP contribution in [0.2, 0.25) is 0 Å². The smallest absolute Gasteiger partial charge is 0.0615 e. The average Bonchev–Trinajstić information content (AvgIpc) is 2.66. The van der Waals surface area contributed by atoms with Crippen LogP contribution in [-0.2, 0) is 4.74 Å². The molecule has 0 bridgehead atoms. The fraction of sp³-hybridized carbons (Fsp3) is 1.00. The van der Waals surface area contributed by atoms with Gasteiger partial charge >= 0.3 is 0 Å². The summed E-state index contributed by atoms with van der Waals surface area (Å²) in [7, 11) is 1.78. The summed E-state index contributed by atoms with van der Waals surface area (Å²) < 4.78 is 5.24. The highest BCUT2D eigenvalue weighted by atomic mass is 16.5. The zero-order chi connectivity index (χ0) is 11.1. The molecule has 3 atom stereocenters. The van der Waals surface area contributed by atoms with Gasteiger partial charge in [-0.1, -0.05) is 19.8 Å². The van der Waals surface area contributed by atoms with Gasteiger partial charge in [0.2, 0.25) is 0 Å². The van der Waals surface area contributed by atoms with Crippen molar-refractivity contribution in [3.8, 4) is 0 Å². The molecule has 0 amide bonds. The second-order valence-electron chi connectivity index (χ2n) is 4.64. The number of hydrogen-bond acceptors (Lipinski definition) is 3. The lowest BCUT2D eigenvalue weighted by Crippen LogP contribution is -2.44. The van der Waals surface area contributed by atoms with Crippen LogP contribution in [0.15, 0.2) is 0 Å². The molecule has 3 unspecified atom stereocenters. The normalized spacial score (nSPS) is 28.2. The minimum atomic E-state index is 0.511. The number of hydrogen-bond donors (Lipinski definition) is 2. The first-order valence-corrected chi connectivity index (χ1v) is 6.26. The van der Waals surface area contributed by atoms with Crippen LogP contribution in [0.5, 0.6) is 0 Å². The summed E-state index contributed by atoms with van der Waals surface area (Å²) in [5.41, 5.74) is 5.78. The van der Waals surface area contributed by atoms with E-state index in [-0.39, 0.29) is 0 Å². The third-order valence-electron chi connectivity index (χ3n) is 3.42. The van der Waals surface area contributed by atoms with Crippen LogP contribution in [0.25, 0.3) is 0 Å². The number of ether oxygens (including phenoxy) is 1. The quantitative estimate of drug-likeness (QED) is 0.675. The highest BCUT2D eigenvalue weighted by Crippen LogP contribution is 2.25. The summed E-state index contributed by atoms with van der Waals surface area (Å²) in [6.07, 6.45) is 6.31. The third kappa shape index (κ3) is 4.09. The van der Waals surface area contributed by atoms with E-state index in [1.165, 1.54) is 32.1 Å². The number of nitrogens with two attached hydrogens (primary N) is 1. The molecule has 1 aliphatic carbocycles. The van der Waals surface area contributed by atoms with Crippen LogP contribution in [0, 0.1) is 5.92 Å². The van der Waals surface area contributed by atoms with E-state index in [1.54, 1.807) is 7.11 Å². The second kappa shape index (κ2) is 7.20. The topological polar surface area (TPSA) is 47.3 Å². The monoisotopic (exact) mass is 214 g/mol. The molecule has 1 saturated carbocycles. The van der Waals surface area contributed by atoms with Gasteiger partial charge in [0.1, 0.15) is 0 Å². The third-order valence-corrected chi connectivity index (χ3v) is 3.42. The van der Waals surface area contributed by atoms with Crippen LogP contribution in [0.4, 0.5) is 0 Å². The molecular weight excluding hydrogens is 188 g/mol. The number of methoxy groups -OCH3 is 1. The maximum Gasteiger partial charge on any atom is 0.0615 e. The van der Waals surface area contributed by atoms with Crippen molar-refractivity contribution in [2.45, 2.75) is 51.1 Å². The first-order valence-electron chi connectivity index (χ1n) is 6.26. The minimum Gasteiger partial charge on any atom is -0.383 e. The molecule has 3 heteroatoms. The van der Waals surface area contributed by atoms with E-state index in [9.17, 15) is 0 Å². The molecule has 0 radical (unpaired) electrons. The summed E-state index contributed by atoms with van der Waals surface area (Å²) in [5, 5.41) is 3.71. The molecule has 1 rings (SSSR count). The molecule has 0 aromatic heterocycles. The Morgan fingerprint density at radius 1 is 1.47 bits per heavy atom. The lowest BCUT2D eigenvalue weighted by atomic mass is 10.0. The summed E-state index contributed by atoms with van der Waals surface area (Å²) in [6, 6.07) is 1.14. The molecule has 0 aromatic carbocycles. The van der Waals surface area contributed by atoms with Crippen molar-refractivity contribution in [1.82, 2.24) is 5.32 Å². The second-order valence-corrected chi connectivity index (χ2v) is 4.64. The average molecular weight is 214 g/mol. The van der Waals surface area contributed by atoms with Gasteiger partial charge in [0.25, 0.3) is 0 Å². The maximum absolute atomic E-state index is 5.78. The van der Waals surface area contributed by atoms with E-state index >= 15 is 0 Å². The van der Waals surface area contributed by atoms with Crippen molar-refractivity contribution < 1.29 is 4.74 Å². The van der Waals surface area contributed by atoms with Crippen LogP contribution in [-0.4, -0.2) is 32.3 Å². The van der Waals surface area contributed by atoms with Crippen molar-refractivity contribution >= 4 is 0 Å². The summed E-state index contributed by atoms with van der Waals surface area (Å²) in [5.74, 6) is 0.682. The molecule has 1 aliphatic rings. The number of rotatable bonds is 7. The summed E-state index contributed by atoms with van der Waals surface area (Å²) in [4.78, 5) is 0. The van der Waals surface area contributed by atoms with E-state index < -0.39 is 0 Å². The Balaban J connectivity index is 2.35. The molecule has 90 valence electrons. The Bertz CT molecular complexity index is 158. The highest BCUT2D eigenvalue weighted by Gasteiger charge is 2.27. The van der Waals surface area contributed by atoms with E-state index in [1.807, 2.05) is 0 Å². The van der Waals surface area contributed by atoms with Crippen molar-refractivity contribution in [3.63, 3.8) is 0 Å². The van der Waals surface area contributed by atoms with E-state index in [2.05, 4.69) is 12.2 Å². The zero-order valence-corrected chi connectivity index (χ0v) is 10.2.